The highest BCUT2D eigenvalue weighted by atomic mass is 79.9. The molecule has 1 aliphatic carbocycles. The molecule has 0 unspecified atom stereocenters. The summed E-state index contributed by atoms with van der Waals surface area (Å²) in [7, 11) is 0. The first-order valence-corrected chi connectivity index (χ1v) is 5.53. The molecule has 1 amide bonds. The van der Waals surface area contributed by atoms with Crippen LogP contribution in [0.2, 0.25) is 0 Å². The molecular weight excluding hydrogens is 242 g/mol. The Morgan fingerprint density at radius 1 is 1.50 bits per heavy atom. The maximum Gasteiger partial charge on any atom is 0.251 e. The summed E-state index contributed by atoms with van der Waals surface area (Å²) < 4.78 is 0.948. The molecule has 0 atom stereocenters. The van der Waals surface area contributed by atoms with E-state index in [2.05, 4.69) is 21.2 Å². The van der Waals surface area contributed by atoms with E-state index in [1.54, 1.807) is 0 Å². The van der Waals surface area contributed by atoms with E-state index in [1.165, 1.54) is 0 Å². The molecule has 1 aromatic rings. The van der Waals surface area contributed by atoms with E-state index in [1.807, 2.05) is 25.1 Å². The molecule has 1 saturated carbocycles. The summed E-state index contributed by atoms with van der Waals surface area (Å²) in [5, 5.41) is 2.98. The van der Waals surface area contributed by atoms with Crippen LogP contribution >= 0.6 is 15.9 Å². The molecule has 0 saturated heterocycles. The number of aryl methyl sites for hydroxylation is 1. The second-order valence-corrected chi connectivity index (χ2v) is 4.62. The lowest BCUT2D eigenvalue weighted by Crippen LogP contribution is -2.26. The van der Waals surface area contributed by atoms with Crippen LogP contribution in [0.15, 0.2) is 22.7 Å². The number of amides is 1. The molecule has 0 bridgehead atoms. The highest BCUT2D eigenvalue weighted by Crippen LogP contribution is 2.21. The molecule has 1 fully saturated rings. The lowest BCUT2D eigenvalue weighted by atomic mass is 10.1. The van der Waals surface area contributed by atoms with Crippen LogP contribution in [0.5, 0.6) is 0 Å². The predicted octanol–water partition coefficient (Wildman–Crippen LogP) is 2.65. The monoisotopic (exact) mass is 253 g/mol. The molecule has 74 valence electrons. The van der Waals surface area contributed by atoms with Gasteiger partial charge < -0.3 is 5.32 Å². The zero-order chi connectivity index (χ0) is 10.1. The van der Waals surface area contributed by atoms with Crippen LogP contribution < -0.4 is 5.32 Å². The first-order chi connectivity index (χ1) is 6.66. The first-order valence-electron chi connectivity index (χ1n) is 4.74. The SMILES string of the molecule is Cc1ccc(Br)cc1C(=O)NC1CC1. The van der Waals surface area contributed by atoms with Crippen molar-refractivity contribution in [3.8, 4) is 0 Å². The van der Waals surface area contributed by atoms with Gasteiger partial charge in [0.25, 0.3) is 5.91 Å². The molecular formula is C11H12BrNO. The van der Waals surface area contributed by atoms with E-state index < -0.39 is 0 Å². The Bertz CT molecular complexity index is 372. The van der Waals surface area contributed by atoms with Crippen molar-refractivity contribution in [3.63, 3.8) is 0 Å². The van der Waals surface area contributed by atoms with Gasteiger partial charge in [-0.3, -0.25) is 4.79 Å². The van der Waals surface area contributed by atoms with E-state index in [0.29, 0.717) is 6.04 Å². The Morgan fingerprint density at radius 2 is 2.21 bits per heavy atom. The minimum Gasteiger partial charge on any atom is -0.349 e. The molecule has 2 rings (SSSR count). The fourth-order valence-corrected chi connectivity index (χ4v) is 1.69. The third-order valence-corrected chi connectivity index (χ3v) is 2.85. The van der Waals surface area contributed by atoms with Crippen LogP contribution in [0.25, 0.3) is 0 Å². The summed E-state index contributed by atoms with van der Waals surface area (Å²) in [5.41, 5.74) is 1.79. The van der Waals surface area contributed by atoms with Crippen molar-refractivity contribution in [2.45, 2.75) is 25.8 Å². The van der Waals surface area contributed by atoms with Gasteiger partial charge in [-0.25, -0.2) is 0 Å². The number of rotatable bonds is 2. The van der Waals surface area contributed by atoms with Gasteiger partial charge in [0.05, 0.1) is 0 Å². The van der Waals surface area contributed by atoms with Gasteiger partial charge in [0.1, 0.15) is 0 Å². The number of hydrogen-bond donors (Lipinski definition) is 1. The average Bonchev–Trinajstić information content (AvgIpc) is 2.93. The summed E-state index contributed by atoms with van der Waals surface area (Å²) in [5.74, 6) is 0.0475. The van der Waals surface area contributed by atoms with Gasteiger partial charge >= 0.3 is 0 Å². The maximum absolute atomic E-state index is 11.7. The van der Waals surface area contributed by atoms with E-state index >= 15 is 0 Å². The molecule has 1 aliphatic rings. The molecule has 3 heteroatoms. The maximum atomic E-state index is 11.7. The highest BCUT2D eigenvalue weighted by Gasteiger charge is 2.24. The predicted molar refractivity (Wildman–Crippen MR) is 59.4 cm³/mol. The van der Waals surface area contributed by atoms with E-state index in [-0.39, 0.29) is 5.91 Å². The van der Waals surface area contributed by atoms with Crippen LogP contribution in [0.4, 0.5) is 0 Å². The van der Waals surface area contributed by atoms with Crippen LogP contribution in [-0.4, -0.2) is 11.9 Å². The number of benzene rings is 1. The number of nitrogens with one attached hydrogen (secondary N) is 1. The second-order valence-electron chi connectivity index (χ2n) is 3.71. The smallest absolute Gasteiger partial charge is 0.251 e. The Labute approximate surface area is 91.8 Å². The minimum atomic E-state index is 0.0475. The molecule has 0 heterocycles. The van der Waals surface area contributed by atoms with Crippen LogP contribution in [-0.2, 0) is 0 Å². The number of carbonyl (C=O) groups excluding carboxylic acids is 1. The second kappa shape index (κ2) is 3.73. The normalized spacial score (nSPS) is 15.3. The molecule has 2 nitrogen and oxygen atoms in total. The molecule has 1 aromatic carbocycles. The zero-order valence-electron chi connectivity index (χ0n) is 8.01. The fraction of sp³-hybridized carbons (Fsp3) is 0.364. The van der Waals surface area contributed by atoms with Gasteiger partial charge in [-0.1, -0.05) is 22.0 Å². The number of halogens is 1. The van der Waals surface area contributed by atoms with E-state index in [4.69, 9.17) is 0 Å². The Morgan fingerprint density at radius 3 is 2.86 bits per heavy atom. The molecule has 0 spiro atoms. The Balaban J connectivity index is 2.20. The largest absolute Gasteiger partial charge is 0.349 e. The van der Waals surface area contributed by atoms with Crippen molar-refractivity contribution in [2.24, 2.45) is 0 Å². The summed E-state index contributed by atoms with van der Waals surface area (Å²) in [6, 6.07) is 6.18. The van der Waals surface area contributed by atoms with Crippen molar-refractivity contribution in [1.29, 1.82) is 0 Å². The summed E-state index contributed by atoms with van der Waals surface area (Å²) in [6.45, 7) is 1.95. The minimum absolute atomic E-state index is 0.0475. The van der Waals surface area contributed by atoms with Crippen LogP contribution in [0.1, 0.15) is 28.8 Å². The lowest BCUT2D eigenvalue weighted by molar-refractivity contribution is 0.0950. The van der Waals surface area contributed by atoms with Crippen molar-refractivity contribution in [2.75, 3.05) is 0 Å². The van der Waals surface area contributed by atoms with Crippen LogP contribution in [0, 0.1) is 6.92 Å². The van der Waals surface area contributed by atoms with Gasteiger partial charge in [-0.05, 0) is 37.5 Å². The fourth-order valence-electron chi connectivity index (χ4n) is 1.33. The van der Waals surface area contributed by atoms with Crippen LogP contribution in [0.3, 0.4) is 0 Å². The zero-order valence-corrected chi connectivity index (χ0v) is 9.60. The summed E-state index contributed by atoms with van der Waals surface area (Å²) in [4.78, 5) is 11.7. The van der Waals surface area contributed by atoms with Crippen molar-refractivity contribution < 1.29 is 4.79 Å². The molecule has 14 heavy (non-hydrogen) atoms. The molecule has 0 radical (unpaired) electrons. The third kappa shape index (κ3) is 2.15. The van der Waals surface area contributed by atoms with Crippen molar-refractivity contribution in [1.82, 2.24) is 5.32 Å². The van der Waals surface area contributed by atoms with Gasteiger partial charge in [0.15, 0.2) is 0 Å². The quantitative estimate of drug-likeness (QED) is 0.863. The standard InChI is InChI=1S/C11H12BrNO/c1-7-2-3-8(12)6-10(7)11(14)13-9-4-5-9/h2-3,6,9H,4-5H2,1H3,(H,13,14). The number of hydrogen-bond acceptors (Lipinski definition) is 1. The third-order valence-electron chi connectivity index (χ3n) is 2.36. The first kappa shape index (κ1) is 9.71. The Kier molecular flexibility index (Phi) is 2.59. The Hall–Kier alpha value is -0.830. The van der Waals surface area contributed by atoms with E-state index in [9.17, 15) is 4.79 Å². The van der Waals surface area contributed by atoms with Crippen molar-refractivity contribution >= 4 is 21.8 Å². The van der Waals surface area contributed by atoms with E-state index in [0.717, 1.165) is 28.4 Å². The van der Waals surface area contributed by atoms with Gasteiger partial charge in [-0.15, -0.1) is 0 Å². The van der Waals surface area contributed by atoms with Gasteiger partial charge in [0.2, 0.25) is 0 Å². The highest BCUT2D eigenvalue weighted by molar-refractivity contribution is 9.10. The number of carbonyl (C=O) groups is 1. The van der Waals surface area contributed by atoms with Gasteiger partial charge in [0, 0.05) is 16.1 Å². The van der Waals surface area contributed by atoms with Gasteiger partial charge in [-0.2, -0.15) is 0 Å². The lowest BCUT2D eigenvalue weighted by Gasteiger charge is -2.06. The summed E-state index contributed by atoms with van der Waals surface area (Å²) in [6.07, 6.45) is 2.25. The molecule has 1 N–H and O–H groups in total. The molecule has 0 aromatic heterocycles. The van der Waals surface area contributed by atoms with Crippen molar-refractivity contribution in [3.05, 3.63) is 33.8 Å². The summed E-state index contributed by atoms with van der Waals surface area (Å²) >= 11 is 3.37. The molecule has 0 aliphatic heterocycles. The average molecular weight is 254 g/mol. The topological polar surface area (TPSA) is 29.1 Å².